The van der Waals surface area contributed by atoms with Gasteiger partial charge in [0.05, 0.1) is 18.1 Å². The van der Waals surface area contributed by atoms with Crippen molar-refractivity contribution >= 4 is 17.2 Å². The molecule has 1 unspecified atom stereocenters. The first-order valence-electron chi connectivity index (χ1n) is 9.74. The number of hydrogen-bond acceptors (Lipinski definition) is 5. The van der Waals surface area contributed by atoms with Gasteiger partial charge in [0.1, 0.15) is 11.9 Å². The van der Waals surface area contributed by atoms with E-state index in [4.69, 9.17) is 9.47 Å². The molecule has 0 aliphatic carbocycles. The standard InChI is InChI=1S/C23H24N2O3S/c1-17-8-12-29-22(17)23(26)25(14-18-5-9-24-10-6-18)15-19-3-2-4-20(13-19)28-21-7-11-27-16-21/h2-6,8-10,12-13,21H,7,11,14-16H2,1H3. The first-order valence-corrected chi connectivity index (χ1v) is 10.6. The van der Waals surface area contributed by atoms with Crippen molar-refractivity contribution in [2.45, 2.75) is 32.5 Å². The van der Waals surface area contributed by atoms with Crippen molar-refractivity contribution in [3.63, 3.8) is 0 Å². The molecule has 6 heteroatoms. The highest BCUT2D eigenvalue weighted by Gasteiger charge is 2.21. The molecule has 1 fully saturated rings. The Hall–Kier alpha value is -2.70. The Bertz CT molecular complexity index is 952. The van der Waals surface area contributed by atoms with Crippen LogP contribution in [0.25, 0.3) is 0 Å². The summed E-state index contributed by atoms with van der Waals surface area (Å²) in [5, 5.41) is 1.96. The molecule has 0 bridgehead atoms. The number of aryl methyl sites for hydroxylation is 1. The summed E-state index contributed by atoms with van der Waals surface area (Å²) in [7, 11) is 0. The highest BCUT2D eigenvalue weighted by atomic mass is 32.1. The van der Waals surface area contributed by atoms with Crippen LogP contribution in [0.2, 0.25) is 0 Å². The molecule has 1 aliphatic heterocycles. The third-order valence-electron chi connectivity index (χ3n) is 4.93. The van der Waals surface area contributed by atoms with Gasteiger partial charge in [-0.25, -0.2) is 0 Å². The number of carbonyl (C=O) groups is 1. The van der Waals surface area contributed by atoms with Crippen molar-refractivity contribution in [2.75, 3.05) is 13.2 Å². The number of aromatic nitrogens is 1. The van der Waals surface area contributed by atoms with Gasteiger partial charge in [-0.3, -0.25) is 9.78 Å². The van der Waals surface area contributed by atoms with Gasteiger partial charge in [-0.05, 0) is 59.3 Å². The zero-order chi connectivity index (χ0) is 20.1. The number of amides is 1. The maximum atomic E-state index is 13.3. The molecule has 4 rings (SSSR count). The Morgan fingerprint density at radius 1 is 1.21 bits per heavy atom. The average Bonchev–Trinajstić information content (AvgIpc) is 3.40. The first-order chi connectivity index (χ1) is 14.2. The highest BCUT2D eigenvalue weighted by Crippen LogP contribution is 2.23. The lowest BCUT2D eigenvalue weighted by Gasteiger charge is -2.23. The fourth-order valence-corrected chi connectivity index (χ4v) is 4.27. The lowest BCUT2D eigenvalue weighted by Crippen LogP contribution is -2.30. The lowest BCUT2D eigenvalue weighted by atomic mass is 10.1. The summed E-state index contributed by atoms with van der Waals surface area (Å²) in [5.74, 6) is 0.867. The molecule has 5 nitrogen and oxygen atoms in total. The number of ether oxygens (including phenoxy) is 2. The second kappa shape index (κ2) is 9.20. The lowest BCUT2D eigenvalue weighted by molar-refractivity contribution is 0.0734. The van der Waals surface area contributed by atoms with Crippen molar-refractivity contribution in [3.05, 3.63) is 81.8 Å². The quantitative estimate of drug-likeness (QED) is 0.579. The second-order valence-electron chi connectivity index (χ2n) is 7.20. The molecule has 1 aromatic carbocycles. The predicted molar refractivity (Wildman–Crippen MR) is 113 cm³/mol. The van der Waals surface area contributed by atoms with Crippen LogP contribution in [0.15, 0.2) is 60.2 Å². The van der Waals surface area contributed by atoms with E-state index in [0.717, 1.165) is 40.3 Å². The van der Waals surface area contributed by atoms with Crippen LogP contribution < -0.4 is 4.74 Å². The molecule has 1 atom stereocenters. The van der Waals surface area contributed by atoms with Crippen LogP contribution >= 0.6 is 11.3 Å². The average molecular weight is 409 g/mol. The topological polar surface area (TPSA) is 51.7 Å². The van der Waals surface area contributed by atoms with E-state index in [2.05, 4.69) is 4.98 Å². The van der Waals surface area contributed by atoms with Crippen molar-refractivity contribution in [1.29, 1.82) is 0 Å². The van der Waals surface area contributed by atoms with Gasteiger partial charge in [0.25, 0.3) is 5.91 Å². The van der Waals surface area contributed by atoms with Gasteiger partial charge in [0.15, 0.2) is 0 Å². The summed E-state index contributed by atoms with van der Waals surface area (Å²) in [5.41, 5.74) is 3.11. The van der Waals surface area contributed by atoms with Gasteiger partial charge in [-0.2, -0.15) is 0 Å². The van der Waals surface area contributed by atoms with E-state index in [-0.39, 0.29) is 12.0 Å². The number of hydrogen-bond donors (Lipinski definition) is 0. The molecule has 150 valence electrons. The van der Waals surface area contributed by atoms with Crippen molar-refractivity contribution < 1.29 is 14.3 Å². The van der Waals surface area contributed by atoms with E-state index < -0.39 is 0 Å². The third kappa shape index (κ3) is 5.02. The minimum absolute atomic E-state index is 0.0461. The number of benzene rings is 1. The van der Waals surface area contributed by atoms with Crippen molar-refractivity contribution in [3.8, 4) is 5.75 Å². The molecular formula is C23H24N2O3S. The Morgan fingerprint density at radius 3 is 2.76 bits per heavy atom. The number of nitrogens with zero attached hydrogens (tertiary/aromatic N) is 2. The minimum Gasteiger partial charge on any atom is -0.488 e. The fourth-order valence-electron chi connectivity index (χ4n) is 3.38. The van der Waals surface area contributed by atoms with E-state index in [1.54, 1.807) is 12.4 Å². The van der Waals surface area contributed by atoms with Gasteiger partial charge in [-0.1, -0.05) is 12.1 Å². The van der Waals surface area contributed by atoms with E-state index in [1.807, 2.05) is 59.7 Å². The molecule has 1 amide bonds. The van der Waals surface area contributed by atoms with E-state index in [0.29, 0.717) is 19.7 Å². The van der Waals surface area contributed by atoms with Crippen LogP contribution in [0, 0.1) is 6.92 Å². The van der Waals surface area contributed by atoms with Gasteiger partial charge in [0, 0.05) is 31.9 Å². The summed E-state index contributed by atoms with van der Waals surface area (Å²) < 4.78 is 11.4. The normalized spacial score (nSPS) is 16.0. The first kappa shape index (κ1) is 19.6. The maximum Gasteiger partial charge on any atom is 0.264 e. The Labute approximate surface area is 174 Å². The number of rotatable bonds is 7. The van der Waals surface area contributed by atoms with Crippen LogP contribution in [-0.4, -0.2) is 35.1 Å². The molecule has 0 saturated carbocycles. The molecule has 29 heavy (non-hydrogen) atoms. The largest absolute Gasteiger partial charge is 0.488 e. The van der Waals surface area contributed by atoms with Crippen LogP contribution in [0.1, 0.15) is 32.8 Å². The van der Waals surface area contributed by atoms with Crippen LogP contribution in [0.3, 0.4) is 0 Å². The summed E-state index contributed by atoms with van der Waals surface area (Å²) in [4.78, 5) is 20.0. The molecule has 0 radical (unpaired) electrons. The molecule has 0 N–H and O–H groups in total. The van der Waals surface area contributed by atoms with Crippen molar-refractivity contribution in [1.82, 2.24) is 9.88 Å². The zero-order valence-corrected chi connectivity index (χ0v) is 17.2. The molecule has 1 aliphatic rings. The van der Waals surface area contributed by atoms with Gasteiger partial charge >= 0.3 is 0 Å². The van der Waals surface area contributed by atoms with Crippen LogP contribution in [-0.2, 0) is 17.8 Å². The van der Waals surface area contributed by atoms with Gasteiger partial charge < -0.3 is 14.4 Å². The minimum atomic E-state index is 0.0461. The number of thiophene rings is 1. The third-order valence-corrected chi connectivity index (χ3v) is 5.93. The molecule has 0 spiro atoms. The summed E-state index contributed by atoms with van der Waals surface area (Å²) >= 11 is 1.49. The predicted octanol–water partition coefficient (Wildman–Crippen LogP) is 4.46. The second-order valence-corrected chi connectivity index (χ2v) is 8.12. The number of pyridine rings is 1. The van der Waals surface area contributed by atoms with Crippen molar-refractivity contribution in [2.24, 2.45) is 0 Å². The molecule has 1 saturated heterocycles. The summed E-state index contributed by atoms with van der Waals surface area (Å²) in [6, 6.07) is 13.9. The smallest absolute Gasteiger partial charge is 0.264 e. The Kier molecular flexibility index (Phi) is 6.22. The zero-order valence-electron chi connectivity index (χ0n) is 16.4. The fraction of sp³-hybridized carbons (Fsp3) is 0.304. The maximum absolute atomic E-state index is 13.3. The monoisotopic (exact) mass is 408 g/mol. The summed E-state index contributed by atoms with van der Waals surface area (Å²) in [6.45, 7) is 4.40. The van der Waals surface area contributed by atoms with Crippen LogP contribution in [0.4, 0.5) is 0 Å². The number of carbonyl (C=O) groups excluding carboxylic acids is 1. The highest BCUT2D eigenvalue weighted by molar-refractivity contribution is 7.12. The Morgan fingerprint density at radius 2 is 2.03 bits per heavy atom. The van der Waals surface area contributed by atoms with E-state index >= 15 is 0 Å². The van der Waals surface area contributed by atoms with Gasteiger partial charge in [-0.15, -0.1) is 11.3 Å². The Balaban J connectivity index is 1.54. The molecular weight excluding hydrogens is 384 g/mol. The summed E-state index contributed by atoms with van der Waals surface area (Å²) in [6.07, 6.45) is 4.53. The molecule has 3 heterocycles. The van der Waals surface area contributed by atoms with E-state index in [1.165, 1.54) is 11.3 Å². The SMILES string of the molecule is Cc1ccsc1C(=O)N(Cc1ccncc1)Cc1cccc(OC2CCOC2)c1. The molecule has 3 aromatic rings. The van der Waals surface area contributed by atoms with Crippen LogP contribution in [0.5, 0.6) is 5.75 Å². The molecule has 2 aromatic heterocycles. The van der Waals surface area contributed by atoms with Gasteiger partial charge in [0.2, 0.25) is 0 Å². The van der Waals surface area contributed by atoms with E-state index in [9.17, 15) is 4.79 Å².